The van der Waals surface area contributed by atoms with E-state index in [1.165, 1.54) is 15.6 Å². The lowest BCUT2D eigenvalue weighted by atomic mass is 9.98. The number of halogens is 1. The highest BCUT2D eigenvalue weighted by atomic mass is 79.9. The summed E-state index contributed by atoms with van der Waals surface area (Å²) in [6.45, 7) is 0.972. The molecule has 0 aromatic carbocycles. The molecule has 0 unspecified atom stereocenters. The lowest BCUT2D eigenvalue weighted by Gasteiger charge is -2.30. The molecule has 4 nitrogen and oxygen atoms in total. The van der Waals surface area contributed by atoms with Crippen molar-refractivity contribution in [3.8, 4) is 0 Å². The normalized spacial score (nSPS) is 18.9. The number of piperidine rings is 1. The number of thiocarbonyl (C=S) groups is 1. The van der Waals surface area contributed by atoms with E-state index in [4.69, 9.17) is 18.0 Å². The summed E-state index contributed by atoms with van der Waals surface area (Å²) in [5.74, 6) is 0.168. The Morgan fingerprint density at radius 2 is 2.06 bits per heavy atom. The number of hydrogen-bond donors (Lipinski definition) is 1. The molecule has 1 saturated heterocycles. The van der Waals surface area contributed by atoms with Gasteiger partial charge in [0.2, 0.25) is 0 Å². The molecule has 0 radical (unpaired) electrons. The van der Waals surface area contributed by atoms with Gasteiger partial charge in [0.1, 0.15) is 4.21 Å². The average molecular weight is 369 g/mol. The second kappa shape index (κ2) is 5.54. The van der Waals surface area contributed by atoms with Crippen LogP contribution in [-0.2, 0) is 10.0 Å². The van der Waals surface area contributed by atoms with Crippen molar-refractivity contribution in [1.29, 1.82) is 0 Å². The van der Waals surface area contributed by atoms with E-state index in [-0.39, 0.29) is 5.92 Å². The summed E-state index contributed by atoms with van der Waals surface area (Å²) < 4.78 is 27.4. The molecule has 0 aliphatic carbocycles. The van der Waals surface area contributed by atoms with Gasteiger partial charge >= 0.3 is 0 Å². The van der Waals surface area contributed by atoms with Gasteiger partial charge in [0, 0.05) is 19.0 Å². The first-order valence-electron chi connectivity index (χ1n) is 5.46. The quantitative estimate of drug-likeness (QED) is 0.830. The molecule has 0 amide bonds. The molecule has 100 valence electrons. The van der Waals surface area contributed by atoms with Crippen molar-refractivity contribution in [2.45, 2.75) is 17.1 Å². The first-order chi connectivity index (χ1) is 8.41. The fourth-order valence-corrected chi connectivity index (χ4v) is 5.81. The third-order valence-corrected chi connectivity index (χ3v) is 7.32. The molecule has 2 N–H and O–H groups in total. The molecule has 1 aliphatic rings. The summed E-state index contributed by atoms with van der Waals surface area (Å²) in [6, 6.07) is 3.38. The van der Waals surface area contributed by atoms with Gasteiger partial charge in [-0.05, 0) is 40.9 Å². The van der Waals surface area contributed by atoms with Crippen molar-refractivity contribution >= 4 is 54.5 Å². The van der Waals surface area contributed by atoms with Crippen LogP contribution >= 0.6 is 39.5 Å². The van der Waals surface area contributed by atoms with Gasteiger partial charge < -0.3 is 5.73 Å². The molecule has 8 heteroatoms. The van der Waals surface area contributed by atoms with Gasteiger partial charge in [0.25, 0.3) is 10.0 Å². The molecule has 0 saturated carbocycles. The lowest BCUT2D eigenvalue weighted by molar-refractivity contribution is 0.317. The van der Waals surface area contributed by atoms with Crippen LogP contribution in [0.25, 0.3) is 0 Å². The molecule has 1 aromatic rings. The minimum Gasteiger partial charge on any atom is -0.393 e. The Labute approximate surface area is 124 Å². The maximum atomic E-state index is 12.3. The van der Waals surface area contributed by atoms with Gasteiger partial charge in [-0.3, -0.25) is 0 Å². The van der Waals surface area contributed by atoms with Gasteiger partial charge in [0.15, 0.2) is 0 Å². The van der Waals surface area contributed by atoms with Crippen LogP contribution < -0.4 is 5.73 Å². The molecule has 2 heterocycles. The lowest BCUT2D eigenvalue weighted by Crippen LogP contribution is -2.41. The maximum Gasteiger partial charge on any atom is 0.252 e. The SMILES string of the molecule is NC(=S)C1CCN(S(=O)(=O)c2ccc(Br)s2)CC1. The van der Waals surface area contributed by atoms with Crippen LogP contribution in [0, 0.1) is 5.92 Å². The van der Waals surface area contributed by atoms with Crippen molar-refractivity contribution in [2.24, 2.45) is 11.7 Å². The van der Waals surface area contributed by atoms with Gasteiger partial charge in [-0.15, -0.1) is 11.3 Å². The summed E-state index contributed by atoms with van der Waals surface area (Å²) in [6.07, 6.45) is 1.42. The van der Waals surface area contributed by atoms with Crippen molar-refractivity contribution < 1.29 is 8.42 Å². The summed E-state index contributed by atoms with van der Waals surface area (Å²) in [7, 11) is -3.35. The van der Waals surface area contributed by atoms with E-state index < -0.39 is 10.0 Å². The van der Waals surface area contributed by atoms with Crippen LogP contribution in [0.4, 0.5) is 0 Å². The van der Waals surface area contributed by atoms with E-state index in [1.54, 1.807) is 12.1 Å². The molecule has 18 heavy (non-hydrogen) atoms. The molecular weight excluding hydrogens is 356 g/mol. The molecule has 0 atom stereocenters. The fraction of sp³-hybridized carbons (Fsp3) is 0.500. The molecule has 0 bridgehead atoms. The zero-order valence-corrected chi connectivity index (χ0v) is 13.5. The molecule has 1 aliphatic heterocycles. The summed E-state index contributed by atoms with van der Waals surface area (Å²) in [5, 5.41) is 0. The summed E-state index contributed by atoms with van der Waals surface area (Å²) in [5.41, 5.74) is 5.60. The number of nitrogens with zero attached hydrogens (tertiary/aromatic N) is 1. The summed E-state index contributed by atoms with van der Waals surface area (Å²) >= 11 is 9.46. The highest BCUT2D eigenvalue weighted by Crippen LogP contribution is 2.30. The van der Waals surface area contributed by atoms with Crippen LogP contribution in [0.3, 0.4) is 0 Å². The van der Waals surface area contributed by atoms with Crippen LogP contribution in [0.15, 0.2) is 20.1 Å². The Morgan fingerprint density at radius 3 is 2.50 bits per heavy atom. The minimum absolute atomic E-state index is 0.168. The fourth-order valence-electron chi connectivity index (χ4n) is 1.94. The zero-order valence-electron chi connectivity index (χ0n) is 9.50. The summed E-state index contributed by atoms with van der Waals surface area (Å²) in [4.78, 5) is 0.492. The molecule has 1 aromatic heterocycles. The highest BCUT2D eigenvalue weighted by Gasteiger charge is 2.31. The Bertz CT molecular complexity index is 547. The number of thiophene rings is 1. The van der Waals surface area contributed by atoms with E-state index in [2.05, 4.69) is 15.9 Å². The average Bonchev–Trinajstić information content (AvgIpc) is 2.76. The van der Waals surface area contributed by atoms with Crippen LogP contribution in [-0.4, -0.2) is 30.8 Å². The first-order valence-corrected chi connectivity index (χ1v) is 8.92. The second-order valence-electron chi connectivity index (χ2n) is 4.14. The first kappa shape index (κ1) is 14.4. The number of nitrogens with two attached hydrogens (primary N) is 1. The maximum absolute atomic E-state index is 12.3. The Balaban J connectivity index is 2.12. The van der Waals surface area contributed by atoms with Gasteiger partial charge in [-0.2, -0.15) is 4.31 Å². The minimum atomic E-state index is -3.35. The Hall–Kier alpha value is -0.0200. The van der Waals surface area contributed by atoms with Gasteiger partial charge in [0.05, 0.1) is 8.77 Å². The monoisotopic (exact) mass is 368 g/mol. The third kappa shape index (κ3) is 2.93. The van der Waals surface area contributed by atoms with E-state index in [0.717, 1.165) is 3.79 Å². The van der Waals surface area contributed by atoms with Crippen molar-refractivity contribution in [3.63, 3.8) is 0 Å². The highest BCUT2D eigenvalue weighted by molar-refractivity contribution is 9.11. The van der Waals surface area contributed by atoms with Crippen molar-refractivity contribution in [1.82, 2.24) is 4.31 Å². The predicted octanol–water partition coefficient (Wildman–Crippen LogP) is 2.20. The van der Waals surface area contributed by atoms with Crippen LogP contribution in [0.2, 0.25) is 0 Å². The van der Waals surface area contributed by atoms with Crippen LogP contribution in [0.5, 0.6) is 0 Å². The van der Waals surface area contributed by atoms with E-state index >= 15 is 0 Å². The van der Waals surface area contributed by atoms with Crippen LogP contribution in [0.1, 0.15) is 12.8 Å². The van der Waals surface area contributed by atoms with Gasteiger partial charge in [-0.25, -0.2) is 8.42 Å². The largest absolute Gasteiger partial charge is 0.393 e. The van der Waals surface area contributed by atoms with E-state index in [0.29, 0.717) is 35.1 Å². The van der Waals surface area contributed by atoms with Crippen molar-refractivity contribution in [3.05, 3.63) is 15.9 Å². The van der Waals surface area contributed by atoms with E-state index in [1.807, 2.05) is 0 Å². The Kier molecular flexibility index (Phi) is 4.43. The predicted molar refractivity (Wildman–Crippen MR) is 80.3 cm³/mol. The molecular formula is C10H13BrN2O2S3. The number of sulfonamides is 1. The third-order valence-electron chi connectivity index (χ3n) is 3.00. The Morgan fingerprint density at radius 1 is 1.44 bits per heavy atom. The molecule has 1 fully saturated rings. The van der Waals surface area contributed by atoms with Crippen molar-refractivity contribution in [2.75, 3.05) is 13.1 Å². The van der Waals surface area contributed by atoms with E-state index in [9.17, 15) is 8.42 Å². The number of rotatable bonds is 3. The standard InChI is InChI=1S/C10H13BrN2O2S3/c11-8-1-2-9(17-8)18(14,15)13-5-3-7(4-6-13)10(12)16/h1-2,7H,3-6H2,(H2,12,16). The number of hydrogen-bond acceptors (Lipinski definition) is 4. The second-order valence-corrected chi connectivity index (χ2v) is 9.24. The molecule has 0 spiro atoms. The van der Waals surface area contributed by atoms with Gasteiger partial charge in [-0.1, -0.05) is 12.2 Å². The molecule has 2 rings (SSSR count). The smallest absolute Gasteiger partial charge is 0.252 e. The zero-order chi connectivity index (χ0) is 13.3. The topological polar surface area (TPSA) is 63.4 Å².